The average Bonchev–Trinajstić information content (AvgIpc) is 3.65. The van der Waals surface area contributed by atoms with Crippen molar-refractivity contribution in [2.75, 3.05) is 0 Å². The summed E-state index contributed by atoms with van der Waals surface area (Å²) in [6.45, 7) is -0.00889. The molecule has 0 aliphatic carbocycles. The van der Waals surface area contributed by atoms with Gasteiger partial charge in [-0.05, 0) is 49.4 Å². The van der Waals surface area contributed by atoms with Crippen molar-refractivity contribution in [1.82, 2.24) is 39.0 Å². The van der Waals surface area contributed by atoms with Crippen molar-refractivity contribution >= 4 is 35.0 Å². The van der Waals surface area contributed by atoms with Gasteiger partial charge in [-0.1, -0.05) is 35.3 Å². The molecule has 3 aromatic heterocycles. The predicted molar refractivity (Wildman–Crippen MR) is 158 cm³/mol. The first kappa shape index (κ1) is 31.1. The smallest absolute Gasteiger partial charge is 0.382 e. The van der Waals surface area contributed by atoms with E-state index in [1.807, 2.05) is 0 Å². The van der Waals surface area contributed by atoms with E-state index in [-0.39, 0.29) is 44.9 Å². The Labute approximate surface area is 267 Å². The van der Waals surface area contributed by atoms with Crippen LogP contribution in [0.1, 0.15) is 45.3 Å². The Morgan fingerprint density at radius 2 is 1.59 bits per heavy atom. The Kier molecular flexibility index (Phi) is 8.00. The van der Waals surface area contributed by atoms with Gasteiger partial charge in [0, 0.05) is 16.8 Å². The number of amides is 2. The molecule has 0 bridgehead atoms. The van der Waals surface area contributed by atoms with E-state index in [9.17, 15) is 32.7 Å². The van der Waals surface area contributed by atoms with E-state index in [4.69, 9.17) is 23.2 Å². The van der Waals surface area contributed by atoms with E-state index >= 15 is 0 Å². The first-order chi connectivity index (χ1) is 21.8. The zero-order valence-corrected chi connectivity index (χ0v) is 25.1. The third-order valence-corrected chi connectivity index (χ3v) is 7.86. The first-order valence-electron chi connectivity index (χ1n) is 13.6. The number of hydrogen-bond donors (Lipinski definition) is 1. The molecule has 0 saturated carbocycles. The van der Waals surface area contributed by atoms with Gasteiger partial charge in [-0.2, -0.15) is 13.2 Å². The third kappa shape index (κ3) is 5.57. The highest BCUT2D eigenvalue weighted by Crippen LogP contribution is 2.32. The monoisotopic (exact) mass is 672 g/mol. The second-order valence-corrected chi connectivity index (χ2v) is 11.1. The van der Waals surface area contributed by atoms with Gasteiger partial charge in [0.05, 0.1) is 34.9 Å². The number of halogens is 5. The number of aromatic nitrogens is 7. The molecule has 2 atom stereocenters. The minimum absolute atomic E-state index is 0.0517. The maximum absolute atomic E-state index is 13.4. The number of aliphatic hydroxyl groups is 1. The number of rotatable bonds is 8. The van der Waals surface area contributed by atoms with E-state index in [0.29, 0.717) is 9.59 Å². The molecule has 1 aliphatic rings. The third-order valence-electron chi connectivity index (χ3n) is 7.29. The van der Waals surface area contributed by atoms with Gasteiger partial charge < -0.3 is 5.11 Å². The molecule has 46 heavy (non-hydrogen) atoms. The van der Waals surface area contributed by atoms with Gasteiger partial charge in [-0.15, -0.1) is 10.2 Å². The summed E-state index contributed by atoms with van der Waals surface area (Å²) < 4.78 is 42.7. The van der Waals surface area contributed by atoms with Gasteiger partial charge in [-0.25, -0.2) is 19.1 Å². The topological polar surface area (TPSA) is 141 Å². The van der Waals surface area contributed by atoms with Crippen molar-refractivity contribution in [2.45, 2.75) is 38.3 Å². The molecular formula is C29H21Cl2F3N8O4. The van der Waals surface area contributed by atoms with Crippen molar-refractivity contribution in [2.24, 2.45) is 0 Å². The number of carbonyl (C=O) groups is 2. The molecule has 12 nitrogen and oxygen atoms in total. The minimum Gasteiger partial charge on any atom is -0.382 e. The number of alkyl halides is 3. The van der Waals surface area contributed by atoms with Crippen LogP contribution in [0.5, 0.6) is 0 Å². The zero-order valence-electron chi connectivity index (χ0n) is 23.6. The molecule has 0 spiro atoms. The molecule has 5 aromatic rings. The van der Waals surface area contributed by atoms with Crippen LogP contribution in [-0.2, 0) is 13.1 Å². The van der Waals surface area contributed by atoms with Gasteiger partial charge >= 0.3 is 11.9 Å². The second kappa shape index (κ2) is 11.8. The number of pyridine rings is 1. The van der Waals surface area contributed by atoms with Crippen LogP contribution in [0.4, 0.5) is 13.2 Å². The van der Waals surface area contributed by atoms with E-state index in [2.05, 4.69) is 20.2 Å². The van der Waals surface area contributed by atoms with Crippen molar-refractivity contribution in [3.8, 4) is 17.1 Å². The summed E-state index contributed by atoms with van der Waals surface area (Å²) in [6.07, 6.45) is -5.03. The van der Waals surface area contributed by atoms with Crippen molar-refractivity contribution in [3.63, 3.8) is 0 Å². The minimum atomic E-state index is -5.00. The summed E-state index contributed by atoms with van der Waals surface area (Å²) in [7, 11) is 0. The van der Waals surface area contributed by atoms with Crippen LogP contribution in [-0.4, -0.2) is 68.2 Å². The van der Waals surface area contributed by atoms with Crippen molar-refractivity contribution in [1.29, 1.82) is 0 Å². The van der Waals surface area contributed by atoms with E-state index in [1.165, 1.54) is 59.5 Å². The Balaban J connectivity index is 1.43. The number of hydrogen-bond acceptors (Lipinski definition) is 8. The van der Waals surface area contributed by atoms with Crippen LogP contribution >= 0.6 is 23.2 Å². The lowest BCUT2D eigenvalue weighted by Crippen LogP contribution is -2.37. The SMILES string of the molecule is CC(c1nc(Cn2nc(-c3ccc(Cl)cc3)n(C[C@H](O)C(F)(F)F)c2=O)nn1-c1cnccc1Cl)N1C(=O)c2ccccc2C1=O. The second-order valence-electron chi connectivity index (χ2n) is 10.3. The molecule has 2 amide bonds. The maximum atomic E-state index is 13.4. The Bertz CT molecular complexity index is 2010. The van der Waals surface area contributed by atoms with Crippen LogP contribution in [0, 0.1) is 0 Å². The van der Waals surface area contributed by atoms with Crippen LogP contribution in [0.3, 0.4) is 0 Å². The first-order valence-corrected chi connectivity index (χ1v) is 14.3. The molecule has 1 unspecified atom stereocenters. The Hall–Kier alpha value is -4.86. The number of benzene rings is 2. The van der Waals surface area contributed by atoms with Gasteiger partial charge in [-0.3, -0.25) is 24.0 Å². The van der Waals surface area contributed by atoms with Crippen LogP contribution in [0.15, 0.2) is 71.8 Å². The number of imide groups is 1. The fraction of sp³-hybridized carbons (Fsp3) is 0.207. The van der Waals surface area contributed by atoms with Gasteiger partial charge in [0.25, 0.3) is 11.8 Å². The standard InChI is InChI=1S/C29H21Cl2F3N8O4/c1-15(41-26(44)18-4-2-3-5-19(18)27(41)45)24-36-23(37-42(24)21-12-35-11-10-20(21)31)14-40-28(46)39(13-22(43)29(32,33)34)25(38-40)16-6-8-17(30)9-7-16/h2-12,15,22,43H,13-14H2,1H3/t15?,22-/m0/s1. The molecular weight excluding hydrogens is 652 g/mol. The quantitative estimate of drug-likeness (QED) is 0.240. The van der Waals surface area contributed by atoms with Crippen LogP contribution < -0.4 is 5.69 Å². The molecule has 4 heterocycles. The highest BCUT2D eigenvalue weighted by atomic mass is 35.5. The lowest BCUT2D eigenvalue weighted by Gasteiger charge is -2.22. The average molecular weight is 673 g/mol. The Morgan fingerprint density at radius 1 is 0.935 bits per heavy atom. The number of fused-ring (bicyclic) bond motifs is 1. The summed E-state index contributed by atoms with van der Waals surface area (Å²) >= 11 is 12.4. The van der Waals surface area contributed by atoms with Gasteiger partial charge in [0.15, 0.2) is 23.6 Å². The summed E-state index contributed by atoms with van der Waals surface area (Å²) in [6, 6.07) is 12.7. The number of carbonyl (C=O) groups excluding carboxylic acids is 2. The molecule has 0 fully saturated rings. The van der Waals surface area contributed by atoms with E-state index in [0.717, 1.165) is 9.58 Å². The lowest BCUT2D eigenvalue weighted by atomic mass is 10.1. The van der Waals surface area contributed by atoms with Gasteiger partial charge in [0.1, 0.15) is 12.2 Å². The maximum Gasteiger partial charge on any atom is 0.416 e. The van der Waals surface area contributed by atoms with Crippen LogP contribution in [0.2, 0.25) is 10.0 Å². The summed E-state index contributed by atoms with van der Waals surface area (Å²) in [5.74, 6) is -1.24. The molecule has 6 rings (SSSR count). The zero-order chi connectivity index (χ0) is 32.9. The molecule has 1 N–H and O–H groups in total. The molecule has 0 saturated heterocycles. The lowest BCUT2D eigenvalue weighted by molar-refractivity contribution is -0.207. The highest BCUT2D eigenvalue weighted by molar-refractivity contribution is 6.32. The molecule has 1 aliphatic heterocycles. The summed E-state index contributed by atoms with van der Waals surface area (Å²) in [5, 5.41) is 19.1. The van der Waals surface area contributed by atoms with Crippen LogP contribution in [0.25, 0.3) is 17.1 Å². The van der Waals surface area contributed by atoms with Crippen molar-refractivity contribution in [3.05, 3.63) is 110 Å². The molecule has 17 heteroatoms. The normalized spacial score (nSPS) is 14.5. The molecule has 0 radical (unpaired) electrons. The molecule has 236 valence electrons. The van der Waals surface area contributed by atoms with Crippen molar-refractivity contribution < 1.29 is 27.9 Å². The summed E-state index contributed by atoms with van der Waals surface area (Å²) in [5.41, 5.74) is -0.0422. The number of aliphatic hydroxyl groups excluding tert-OH is 1. The fourth-order valence-electron chi connectivity index (χ4n) is 5.01. The summed E-state index contributed by atoms with van der Waals surface area (Å²) in [4.78, 5) is 49.6. The largest absolute Gasteiger partial charge is 0.416 e. The van der Waals surface area contributed by atoms with Gasteiger partial charge in [0.2, 0.25) is 0 Å². The van der Waals surface area contributed by atoms with E-state index in [1.54, 1.807) is 19.1 Å². The highest BCUT2D eigenvalue weighted by Gasteiger charge is 2.41. The number of nitrogens with zero attached hydrogens (tertiary/aromatic N) is 8. The fourth-order valence-corrected chi connectivity index (χ4v) is 5.33. The predicted octanol–water partition coefficient (Wildman–Crippen LogP) is 4.32. The van der Waals surface area contributed by atoms with E-state index < -0.39 is 48.9 Å². The Morgan fingerprint density at radius 3 is 2.20 bits per heavy atom. The molecule has 2 aromatic carbocycles.